The topological polar surface area (TPSA) is 69.6 Å². The van der Waals surface area contributed by atoms with Crippen LogP contribution in [0.4, 0.5) is 9.18 Å². The molecule has 5 nitrogen and oxygen atoms in total. The van der Waals surface area contributed by atoms with Crippen molar-refractivity contribution in [3.63, 3.8) is 0 Å². The summed E-state index contributed by atoms with van der Waals surface area (Å²) in [6, 6.07) is 6.52. The van der Waals surface area contributed by atoms with E-state index in [1.165, 1.54) is 6.07 Å². The summed E-state index contributed by atoms with van der Waals surface area (Å²) in [4.78, 5) is 26.7. The molecule has 3 unspecified atom stereocenters. The van der Waals surface area contributed by atoms with Crippen molar-refractivity contribution in [3.8, 4) is 0 Å². The average Bonchev–Trinajstić information content (AvgIpc) is 2.90. The van der Waals surface area contributed by atoms with Crippen molar-refractivity contribution in [2.75, 3.05) is 6.54 Å². The SMILES string of the molecule is CC1(c2ccccc2F)CN(C2C3CC4CC2CC(C(=O)O)(C4)C3)C(=O)N1. The smallest absolute Gasteiger partial charge is 0.318 e. The number of urea groups is 1. The highest BCUT2D eigenvalue weighted by molar-refractivity contribution is 5.79. The van der Waals surface area contributed by atoms with Gasteiger partial charge in [0.15, 0.2) is 0 Å². The Morgan fingerprint density at radius 2 is 1.89 bits per heavy atom. The molecule has 5 fully saturated rings. The van der Waals surface area contributed by atoms with E-state index in [-0.39, 0.29) is 29.7 Å². The van der Waals surface area contributed by atoms with Crippen molar-refractivity contribution in [2.24, 2.45) is 23.2 Å². The second kappa shape index (κ2) is 5.46. The molecule has 0 aromatic heterocycles. The van der Waals surface area contributed by atoms with E-state index in [4.69, 9.17) is 0 Å². The van der Waals surface area contributed by atoms with Crippen LogP contribution in [0.2, 0.25) is 0 Å². The molecule has 0 spiro atoms. The second-order valence-electron chi connectivity index (χ2n) is 9.42. The quantitative estimate of drug-likeness (QED) is 0.855. The van der Waals surface area contributed by atoms with Crippen LogP contribution in [-0.2, 0) is 10.3 Å². The van der Waals surface area contributed by atoms with Gasteiger partial charge in [-0.1, -0.05) is 18.2 Å². The van der Waals surface area contributed by atoms with Crippen LogP contribution in [0.3, 0.4) is 0 Å². The van der Waals surface area contributed by atoms with E-state index in [0.29, 0.717) is 30.9 Å². The molecule has 5 aliphatic rings. The predicted octanol–water partition coefficient (Wildman–Crippen LogP) is 3.35. The molecule has 1 aliphatic heterocycles. The Hall–Kier alpha value is -2.11. The molecule has 1 saturated heterocycles. The van der Waals surface area contributed by atoms with E-state index in [1.807, 2.05) is 11.8 Å². The van der Waals surface area contributed by atoms with Crippen LogP contribution in [0.1, 0.15) is 44.6 Å². The zero-order valence-electron chi connectivity index (χ0n) is 15.5. The number of amides is 2. The molecule has 2 N–H and O–H groups in total. The molecular weight excluding hydrogens is 347 g/mol. The van der Waals surface area contributed by atoms with E-state index < -0.39 is 16.9 Å². The number of nitrogens with zero attached hydrogens (tertiary/aromatic N) is 1. The molecule has 3 atom stereocenters. The lowest BCUT2D eigenvalue weighted by molar-refractivity contribution is -0.170. The highest BCUT2D eigenvalue weighted by Crippen LogP contribution is 2.61. The van der Waals surface area contributed by atoms with Gasteiger partial charge in [0.1, 0.15) is 5.82 Å². The molecule has 6 rings (SSSR count). The summed E-state index contributed by atoms with van der Waals surface area (Å²) < 4.78 is 14.4. The first-order valence-corrected chi connectivity index (χ1v) is 9.88. The van der Waals surface area contributed by atoms with Crippen LogP contribution in [0.5, 0.6) is 0 Å². The molecule has 4 aliphatic carbocycles. The van der Waals surface area contributed by atoms with Crippen LogP contribution in [0.25, 0.3) is 0 Å². The zero-order chi connectivity index (χ0) is 19.0. The number of hydrogen-bond donors (Lipinski definition) is 2. The lowest BCUT2D eigenvalue weighted by atomic mass is 9.47. The molecule has 1 aromatic rings. The molecule has 1 aromatic carbocycles. The molecule has 0 radical (unpaired) electrons. The molecule has 4 bridgehead atoms. The molecule has 2 amide bonds. The minimum absolute atomic E-state index is 0.0719. The highest BCUT2D eigenvalue weighted by Gasteiger charge is 2.61. The number of carbonyl (C=O) groups is 2. The van der Waals surface area contributed by atoms with Gasteiger partial charge in [-0.05, 0) is 62.8 Å². The first kappa shape index (κ1) is 17.0. The third kappa shape index (κ3) is 2.34. The number of halogens is 1. The Balaban J connectivity index is 1.44. The Morgan fingerprint density at radius 1 is 1.22 bits per heavy atom. The van der Waals surface area contributed by atoms with E-state index in [1.54, 1.807) is 18.2 Å². The number of carboxylic acid groups (broad SMARTS) is 1. The van der Waals surface area contributed by atoms with Gasteiger partial charge in [-0.3, -0.25) is 4.79 Å². The molecule has 27 heavy (non-hydrogen) atoms. The van der Waals surface area contributed by atoms with Gasteiger partial charge in [0, 0.05) is 18.2 Å². The van der Waals surface area contributed by atoms with Crippen LogP contribution in [0, 0.1) is 29.0 Å². The number of benzene rings is 1. The molecule has 4 saturated carbocycles. The monoisotopic (exact) mass is 372 g/mol. The zero-order valence-corrected chi connectivity index (χ0v) is 15.5. The minimum atomic E-state index is -0.762. The predicted molar refractivity (Wildman–Crippen MR) is 96.4 cm³/mol. The maximum atomic E-state index is 14.4. The number of carbonyl (C=O) groups excluding carboxylic acids is 1. The van der Waals surface area contributed by atoms with Crippen molar-refractivity contribution in [1.29, 1.82) is 0 Å². The molecular formula is C21H25FN2O3. The molecule has 1 heterocycles. The summed E-state index contributed by atoms with van der Waals surface area (Å²) in [5, 5.41) is 12.8. The summed E-state index contributed by atoms with van der Waals surface area (Å²) in [6.45, 7) is 2.30. The molecule has 6 heteroatoms. The summed E-state index contributed by atoms with van der Waals surface area (Å²) >= 11 is 0. The summed E-state index contributed by atoms with van der Waals surface area (Å²) in [6.07, 6.45) is 4.15. The number of aliphatic carboxylic acids is 1. The van der Waals surface area contributed by atoms with E-state index in [0.717, 1.165) is 19.3 Å². The summed E-state index contributed by atoms with van der Waals surface area (Å²) in [5.74, 6) is -0.0277. The van der Waals surface area contributed by atoms with Gasteiger partial charge in [-0.15, -0.1) is 0 Å². The average molecular weight is 372 g/mol. The number of rotatable bonds is 3. The fraction of sp³-hybridized carbons (Fsp3) is 0.619. The van der Waals surface area contributed by atoms with Crippen LogP contribution in [0.15, 0.2) is 24.3 Å². The van der Waals surface area contributed by atoms with E-state index in [2.05, 4.69) is 5.32 Å². The van der Waals surface area contributed by atoms with Crippen molar-refractivity contribution in [1.82, 2.24) is 10.2 Å². The van der Waals surface area contributed by atoms with Crippen molar-refractivity contribution < 1.29 is 19.1 Å². The molecule has 144 valence electrons. The van der Waals surface area contributed by atoms with Crippen LogP contribution >= 0.6 is 0 Å². The van der Waals surface area contributed by atoms with Crippen LogP contribution in [-0.4, -0.2) is 34.6 Å². The Bertz CT molecular complexity index is 811. The first-order valence-electron chi connectivity index (χ1n) is 9.88. The van der Waals surface area contributed by atoms with Crippen LogP contribution < -0.4 is 5.32 Å². The van der Waals surface area contributed by atoms with Crippen molar-refractivity contribution in [2.45, 2.75) is 50.6 Å². The Kier molecular flexibility index (Phi) is 3.44. The van der Waals surface area contributed by atoms with Gasteiger partial charge < -0.3 is 15.3 Å². The van der Waals surface area contributed by atoms with Crippen molar-refractivity contribution >= 4 is 12.0 Å². The lowest BCUT2D eigenvalue weighted by Gasteiger charge is -2.59. The highest BCUT2D eigenvalue weighted by atomic mass is 19.1. The van der Waals surface area contributed by atoms with Gasteiger partial charge in [0.25, 0.3) is 0 Å². The summed E-state index contributed by atoms with van der Waals surface area (Å²) in [7, 11) is 0. The largest absolute Gasteiger partial charge is 0.481 e. The van der Waals surface area contributed by atoms with Gasteiger partial charge in [0.05, 0.1) is 11.0 Å². The third-order valence-corrected chi connectivity index (χ3v) is 7.64. The maximum Gasteiger partial charge on any atom is 0.318 e. The summed E-state index contributed by atoms with van der Waals surface area (Å²) in [5.41, 5.74) is -0.841. The Morgan fingerprint density at radius 3 is 2.52 bits per heavy atom. The second-order valence-corrected chi connectivity index (χ2v) is 9.42. The van der Waals surface area contributed by atoms with Gasteiger partial charge in [-0.25, -0.2) is 9.18 Å². The lowest BCUT2D eigenvalue weighted by Crippen LogP contribution is -2.61. The maximum absolute atomic E-state index is 14.4. The van der Waals surface area contributed by atoms with Gasteiger partial charge in [0.2, 0.25) is 0 Å². The van der Waals surface area contributed by atoms with Crippen molar-refractivity contribution in [3.05, 3.63) is 35.6 Å². The Labute approximate surface area is 157 Å². The van der Waals surface area contributed by atoms with Gasteiger partial charge >= 0.3 is 12.0 Å². The fourth-order valence-corrected chi connectivity index (χ4v) is 6.83. The first-order chi connectivity index (χ1) is 12.8. The standard InChI is InChI=1S/C21H25FN2O3/c1-20(15-4-2-3-5-16(15)22)11-24(19(27)23-20)17-13-6-12-7-14(17)10-21(8-12,9-13)18(25)26/h2-5,12-14,17H,6-11H2,1H3,(H,23,27)(H,25,26). The van der Waals surface area contributed by atoms with E-state index in [9.17, 15) is 19.1 Å². The van der Waals surface area contributed by atoms with E-state index >= 15 is 0 Å². The normalized spacial score (nSPS) is 42.4. The fourth-order valence-electron chi connectivity index (χ4n) is 6.83. The number of carboxylic acids is 1. The number of nitrogens with one attached hydrogen (secondary N) is 1. The minimum Gasteiger partial charge on any atom is -0.481 e. The third-order valence-electron chi connectivity index (χ3n) is 7.64. The van der Waals surface area contributed by atoms with Gasteiger partial charge in [-0.2, -0.15) is 0 Å². The number of hydrogen-bond acceptors (Lipinski definition) is 2.